The van der Waals surface area contributed by atoms with Crippen molar-refractivity contribution in [2.75, 3.05) is 25.5 Å². The smallest absolute Gasteiger partial charge is 0.255 e. The molecule has 7 heteroatoms. The Kier molecular flexibility index (Phi) is 5.79. The van der Waals surface area contributed by atoms with Crippen LogP contribution in [0.15, 0.2) is 60.8 Å². The lowest BCUT2D eigenvalue weighted by atomic mass is 9.93. The molecule has 2 amide bonds. The van der Waals surface area contributed by atoms with E-state index >= 15 is 0 Å². The van der Waals surface area contributed by atoms with Crippen LogP contribution in [0, 0.1) is 0 Å². The molecule has 0 radical (unpaired) electrons. The van der Waals surface area contributed by atoms with E-state index in [1.165, 1.54) is 0 Å². The summed E-state index contributed by atoms with van der Waals surface area (Å²) in [5.41, 5.74) is 2.74. The van der Waals surface area contributed by atoms with Gasteiger partial charge in [-0.3, -0.25) is 14.7 Å². The number of nitrogens with one attached hydrogen (secondary N) is 2. The number of rotatable bonds is 5. The van der Waals surface area contributed by atoms with Gasteiger partial charge in [0.1, 0.15) is 5.75 Å². The normalized spacial score (nSPS) is 16.2. The predicted octanol–water partition coefficient (Wildman–Crippen LogP) is 3.69. The maximum atomic E-state index is 13.0. The molecule has 154 valence electrons. The van der Waals surface area contributed by atoms with Gasteiger partial charge < -0.3 is 15.0 Å². The molecule has 2 N–H and O–H groups in total. The molecule has 0 spiro atoms. The summed E-state index contributed by atoms with van der Waals surface area (Å²) >= 11 is 0. The van der Waals surface area contributed by atoms with E-state index in [0.717, 1.165) is 24.3 Å². The Bertz CT molecular complexity index is 1010. The highest BCUT2D eigenvalue weighted by molar-refractivity contribution is 6.04. The lowest BCUT2D eigenvalue weighted by Crippen LogP contribution is -2.39. The lowest BCUT2D eigenvalue weighted by molar-refractivity contribution is 0.0705. The second kappa shape index (κ2) is 8.82. The summed E-state index contributed by atoms with van der Waals surface area (Å²) in [6.45, 7) is 1.28. The number of benzene rings is 2. The Balaban J connectivity index is 1.46. The summed E-state index contributed by atoms with van der Waals surface area (Å²) < 4.78 is 5.17. The number of carbonyl (C=O) groups excluding carboxylic acids is 2. The Labute approximate surface area is 175 Å². The van der Waals surface area contributed by atoms with Gasteiger partial charge in [-0.15, -0.1) is 0 Å². The molecule has 1 saturated heterocycles. The highest BCUT2D eigenvalue weighted by Crippen LogP contribution is 2.31. The van der Waals surface area contributed by atoms with Crippen molar-refractivity contribution >= 4 is 17.5 Å². The van der Waals surface area contributed by atoms with Crippen LogP contribution in [0.5, 0.6) is 5.75 Å². The lowest BCUT2D eigenvalue weighted by Gasteiger charge is -2.32. The Morgan fingerprint density at radius 2 is 1.87 bits per heavy atom. The number of piperidine rings is 1. The monoisotopic (exact) mass is 404 g/mol. The molecule has 30 heavy (non-hydrogen) atoms. The molecule has 0 bridgehead atoms. The van der Waals surface area contributed by atoms with Crippen molar-refractivity contribution in [3.8, 4) is 5.75 Å². The van der Waals surface area contributed by atoms with Gasteiger partial charge in [0.05, 0.1) is 24.7 Å². The van der Waals surface area contributed by atoms with Crippen LogP contribution in [0.1, 0.15) is 45.2 Å². The molecule has 1 aromatic heterocycles. The maximum absolute atomic E-state index is 13.0. The van der Waals surface area contributed by atoms with E-state index in [-0.39, 0.29) is 17.7 Å². The summed E-state index contributed by atoms with van der Waals surface area (Å²) in [5, 5.41) is 10.1. The SMILES string of the molecule is COc1ccc(C(=O)N2CCC[C@H](c3[nH]ncc3NC(=O)c3ccccc3)C2)cc1. The summed E-state index contributed by atoms with van der Waals surface area (Å²) in [6, 6.07) is 16.2. The first kappa shape index (κ1) is 19.7. The number of carbonyl (C=O) groups is 2. The van der Waals surface area contributed by atoms with E-state index in [2.05, 4.69) is 15.5 Å². The molecule has 2 heterocycles. The van der Waals surface area contributed by atoms with Crippen LogP contribution in [-0.2, 0) is 0 Å². The van der Waals surface area contributed by atoms with Gasteiger partial charge in [0.2, 0.25) is 0 Å². The van der Waals surface area contributed by atoms with Crippen molar-refractivity contribution in [1.29, 1.82) is 0 Å². The zero-order valence-corrected chi connectivity index (χ0v) is 16.8. The topological polar surface area (TPSA) is 87.3 Å². The maximum Gasteiger partial charge on any atom is 0.255 e. The second-order valence-electron chi connectivity index (χ2n) is 7.34. The predicted molar refractivity (Wildman–Crippen MR) is 114 cm³/mol. The third kappa shape index (κ3) is 4.20. The average Bonchev–Trinajstić information content (AvgIpc) is 3.27. The quantitative estimate of drug-likeness (QED) is 0.679. The molecular weight excluding hydrogens is 380 g/mol. The standard InChI is InChI=1S/C23H24N4O3/c1-30-19-11-9-17(10-12-19)23(29)27-13-5-8-18(15-27)21-20(14-24-26-21)25-22(28)16-6-3-2-4-7-16/h2-4,6-7,9-12,14,18H,5,8,13,15H2,1H3,(H,24,26)(H,25,28)/t18-/m0/s1. The number of nitrogens with zero attached hydrogens (tertiary/aromatic N) is 2. The molecule has 0 saturated carbocycles. The van der Waals surface area contributed by atoms with Crippen LogP contribution in [0.3, 0.4) is 0 Å². The Morgan fingerprint density at radius 3 is 2.60 bits per heavy atom. The molecule has 4 rings (SSSR count). The summed E-state index contributed by atoms with van der Waals surface area (Å²) in [7, 11) is 1.60. The number of aromatic nitrogens is 2. The van der Waals surface area contributed by atoms with Crippen LogP contribution >= 0.6 is 0 Å². The van der Waals surface area contributed by atoms with Gasteiger partial charge in [0.25, 0.3) is 11.8 Å². The number of likely N-dealkylation sites (tertiary alicyclic amines) is 1. The summed E-state index contributed by atoms with van der Waals surface area (Å²) in [4.78, 5) is 27.3. The van der Waals surface area contributed by atoms with Crippen LogP contribution in [0.2, 0.25) is 0 Å². The highest BCUT2D eigenvalue weighted by Gasteiger charge is 2.28. The Morgan fingerprint density at radius 1 is 1.10 bits per heavy atom. The van der Waals surface area contributed by atoms with Gasteiger partial charge in [-0.25, -0.2) is 0 Å². The fourth-order valence-electron chi connectivity index (χ4n) is 3.80. The van der Waals surface area contributed by atoms with Crippen LogP contribution < -0.4 is 10.1 Å². The number of aromatic amines is 1. The number of ether oxygens (including phenoxy) is 1. The molecule has 7 nitrogen and oxygen atoms in total. The minimum atomic E-state index is -0.180. The van der Waals surface area contributed by atoms with Crippen LogP contribution in [0.25, 0.3) is 0 Å². The first-order valence-corrected chi connectivity index (χ1v) is 9.98. The van der Waals surface area contributed by atoms with Crippen LogP contribution in [0.4, 0.5) is 5.69 Å². The molecule has 0 unspecified atom stereocenters. The summed E-state index contributed by atoms with van der Waals surface area (Å²) in [5.74, 6) is 0.616. The van der Waals surface area contributed by atoms with E-state index in [1.807, 2.05) is 23.1 Å². The minimum Gasteiger partial charge on any atom is -0.497 e. The first-order valence-electron chi connectivity index (χ1n) is 9.98. The molecule has 1 aliphatic heterocycles. The number of hydrogen-bond acceptors (Lipinski definition) is 4. The average molecular weight is 404 g/mol. The fraction of sp³-hybridized carbons (Fsp3) is 0.261. The van der Waals surface area contributed by atoms with Crippen molar-refractivity contribution in [3.05, 3.63) is 77.6 Å². The zero-order valence-electron chi connectivity index (χ0n) is 16.8. The number of amides is 2. The van der Waals surface area contributed by atoms with Crippen LogP contribution in [-0.4, -0.2) is 47.1 Å². The van der Waals surface area contributed by atoms with Crippen molar-refractivity contribution < 1.29 is 14.3 Å². The van der Waals surface area contributed by atoms with Gasteiger partial charge in [-0.05, 0) is 49.2 Å². The molecule has 1 atom stereocenters. The molecule has 3 aromatic rings. The van der Waals surface area contributed by atoms with E-state index < -0.39 is 0 Å². The molecule has 1 fully saturated rings. The first-order chi connectivity index (χ1) is 14.7. The number of hydrogen-bond donors (Lipinski definition) is 2. The van der Waals surface area contributed by atoms with Crippen molar-refractivity contribution in [2.24, 2.45) is 0 Å². The van der Waals surface area contributed by atoms with E-state index in [1.54, 1.807) is 49.7 Å². The third-order valence-electron chi connectivity index (χ3n) is 5.41. The van der Waals surface area contributed by atoms with E-state index in [0.29, 0.717) is 29.9 Å². The second-order valence-corrected chi connectivity index (χ2v) is 7.34. The largest absolute Gasteiger partial charge is 0.497 e. The van der Waals surface area contributed by atoms with Gasteiger partial charge in [-0.2, -0.15) is 5.10 Å². The number of methoxy groups -OCH3 is 1. The zero-order chi connectivity index (χ0) is 20.9. The van der Waals surface area contributed by atoms with Gasteiger partial charge in [0.15, 0.2) is 0 Å². The highest BCUT2D eigenvalue weighted by atomic mass is 16.5. The molecular formula is C23H24N4O3. The molecule has 0 aliphatic carbocycles. The van der Waals surface area contributed by atoms with Gasteiger partial charge in [0, 0.05) is 30.1 Å². The molecule has 2 aromatic carbocycles. The Hall–Kier alpha value is -3.61. The molecule has 1 aliphatic rings. The minimum absolute atomic E-state index is 0.00302. The van der Waals surface area contributed by atoms with Gasteiger partial charge in [-0.1, -0.05) is 18.2 Å². The summed E-state index contributed by atoms with van der Waals surface area (Å²) in [6.07, 6.45) is 3.43. The van der Waals surface area contributed by atoms with Crippen molar-refractivity contribution in [3.63, 3.8) is 0 Å². The van der Waals surface area contributed by atoms with E-state index in [4.69, 9.17) is 4.74 Å². The van der Waals surface area contributed by atoms with Crippen molar-refractivity contribution in [2.45, 2.75) is 18.8 Å². The van der Waals surface area contributed by atoms with E-state index in [9.17, 15) is 9.59 Å². The number of H-pyrrole nitrogens is 1. The fourth-order valence-corrected chi connectivity index (χ4v) is 3.80. The number of anilines is 1. The van der Waals surface area contributed by atoms with Gasteiger partial charge >= 0.3 is 0 Å². The van der Waals surface area contributed by atoms with Crippen molar-refractivity contribution in [1.82, 2.24) is 15.1 Å². The third-order valence-corrected chi connectivity index (χ3v) is 5.41.